The Labute approximate surface area is 74.8 Å². The Morgan fingerprint density at radius 1 is 1.00 bits per heavy atom. The molecule has 0 aromatic heterocycles. The summed E-state index contributed by atoms with van der Waals surface area (Å²) in [7, 11) is 1.41. The zero-order valence-corrected chi connectivity index (χ0v) is 8.57. The molecule has 0 N–H and O–H groups in total. The number of benzene rings is 1. The molecule has 0 nitrogen and oxygen atoms in total. The minimum Gasteiger partial charge on any atom is -0.0614 e. The largest absolute Gasteiger partial charge is 0.0614 e. The van der Waals surface area contributed by atoms with E-state index in [0.29, 0.717) is 0 Å². The van der Waals surface area contributed by atoms with E-state index < -0.39 is 0 Å². The van der Waals surface area contributed by atoms with Crippen molar-refractivity contribution in [2.24, 2.45) is 0 Å². The van der Waals surface area contributed by atoms with Crippen LogP contribution in [0.4, 0.5) is 0 Å². The molecule has 0 saturated carbocycles. The smallest absolute Gasteiger partial charge is 0.0111 e. The molecule has 0 fully saturated rings. The van der Waals surface area contributed by atoms with E-state index in [-0.39, 0.29) is 0 Å². The van der Waals surface area contributed by atoms with Crippen LogP contribution in [0.3, 0.4) is 0 Å². The van der Waals surface area contributed by atoms with Gasteiger partial charge in [0.1, 0.15) is 0 Å². The molecule has 2 rings (SSSR count). The number of fused-ring (bicyclic) bond motifs is 1. The van der Waals surface area contributed by atoms with Crippen LogP contribution in [-0.4, -0.2) is 0 Å². The first kappa shape index (κ1) is 8.01. The Balaban J connectivity index is 3.02. The van der Waals surface area contributed by atoms with Gasteiger partial charge in [-0.1, -0.05) is 18.2 Å². The van der Waals surface area contributed by atoms with Gasteiger partial charge in [0.25, 0.3) is 0 Å². The van der Waals surface area contributed by atoms with Crippen LogP contribution in [0, 0.1) is 6.92 Å². The fourth-order valence-corrected chi connectivity index (χ4v) is 3.04. The molecule has 0 atom stereocenters. The molecule has 1 aliphatic rings. The third kappa shape index (κ3) is 1.03. The second kappa shape index (κ2) is 2.71. The van der Waals surface area contributed by atoms with Crippen LogP contribution in [0.25, 0.3) is 10.6 Å². The average Bonchev–Trinajstić information content (AvgIpc) is 2.29. The van der Waals surface area contributed by atoms with Crippen molar-refractivity contribution in [3.05, 3.63) is 34.2 Å². The van der Waals surface area contributed by atoms with E-state index in [0.717, 1.165) is 0 Å². The highest BCUT2D eigenvalue weighted by molar-refractivity contribution is 7.60. The molecule has 0 aliphatic carbocycles. The van der Waals surface area contributed by atoms with Crippen LogP contribution in [0.15, 0.2) is 18.2 Å². The standard InChI is InChI=1S/C11H12P/c1-7-5-4-6-10-8(2)12-9(3)11(7)10/h4-6H,1-3H3. The monoisotopic (exact) mass is 175 g/mol. The summed E-state index contributed by atoms with van der Waals surface area (Å²) in [5, 5.41) is 5.93. The lowest BCUT2D eigenvalue weighted by molar-refractivity contribution is 1.36. The summed E-state index contributed by atoms with van der Waals surface area (Å²) < 4.78 is 0. The van der Waals surface area contributed by atoms with Gasteiger partial charge in [-0.3, -0.25) is 0 Å². The summed E-state index contributed by atoms with van der Waals surface area (Å²) in [4.78, 5) is 0. The molecule has 1 aliphatic heterocycles. The molecule has 12 heavy (non-hydrogen) atoms. The lowest BCUT2D eigenvalue weighted by atomic mass is 10.1. The van der Waals surface area contributed by atoms with E-state index in [1.54, 1.807) is 0 Å². The Morgan fingerprint density at radius 2 is 1.75 bits per heavy atom. The van der Waals surface area contributed by atoms with Gasteiger partial charge in [0.05, 0.1) is 0 Å². The molecule has 0 amide bonds. The molecule has 0 spiro atoms. The maximum absolute atomic E-state index is 2.23. The lowest BCUT2D eigenvalue weighted by Gasteiger charge is -1.93. The van der Waals surface area contributed by atoms with E-state index in [2.05, 4.69) is 39.0 Å². The first-order valence-electron chi connectivity index (χ1n) is 4.19. The molecule has 1 radical (unpaired) electrons. The topological polar surface area (TPSA) is 0 Å². The van der Waals surface area contributed by atoms with Crippen molar-refractivity contribution in [2.45, 2.75) is 20.8 Å². The highest BCUT2D eigenvalue weighted by Gasteiger charge is 2.07. The minimum absolute atomic E-state index is 1.41. The zero-order valence-electron chi connectivity index (χ0n) is 7.68. The molecule has 1 aromatic carbocycles. The summed E-state index contributed by atoms with van der Waals surface area (Å²) in [5.41, 5.74) is 1.41. The van der Waals surface area contributed by atoms with Crippen LogP contribution in [0.1, 0.15) is 19.4 Å². The third-order valence-corrected chi connectivity index (χ3v) is 3.50. The fraction of sp³-hybridized carbons (Fsp3) is 0.273. The first-order valence-corrected chi connectivity index (χ1v) is 5.09. The van der Waals surface area contributed by atoms with Gasteiger partial charge >= 0.3 is 0 Å². The summed E-state index contributed by atoms with van der Waals surface area (Å²) in [6.07, 6.45) is 0. The van der Waals surface area contributed by atoms with Crippen molar-refractivity contribution in [1.29, 1.82) is 0 Å². The van der Waals surface area contributed by atoms with E-state index in [1.807, 2.05) is 0 Å². The van der Waals surface area contributed by atoms with Crippen molar-refractivity contribution < 1.29 is 0 Å². The van der Waals surface area contributed by atoms with Crippen LogP contribution in [0.5, 0.6) is 0 Å². The van der Waals surface area contributed by atoms with Gasteiger partial charge in [0.15, 0.2) is 0 Å². The predicted octanol–water partition coefficient (Wildman–Crippen LogP) is 2.21. The Morgan fingerprint density at radius 3 is 2.42 bits per heavy atom. The van der Waals surface area contributed by atoms with Gasteiger partial charge in [-0.05, 0) is 56.0 Å². The number of hydrogen-bond donors (Lipinski definition) is 0. The van der Waals surface area contributed by atoms with Gasteiger partial charge in [-0.15, -0.1) is 0 Å². The van der Waals surface area contributed by atoms with E-state index >= 15 is 0 Å². The molecular formula is C11H12P. The highest BCUT2D eigenvalue weighted by atomic mass is 31.1. The SMILES string of the molecule is CC1=c2cccc(C)c2=C(C)[P]1. The van der Waals surface area contributed by atoms with Crippen molar-refractivity contribution in [2.75, 3.05) is 0 Å². The van der Waals surface area contributed by atoms with Crippen molar-refractivity contribution in [3.8, 4) is 0 Å². The van der Waals surface area contributed by atoms with Crippen LogP contribution < -0.4 is 10.4 Å². The maximum Gasteiger partial charge on any atom is -0.0111 e. The summed E-state index contributed by atoms with van der Waals surface area (Å²) in [6.45, 7) is 6.64. The molecule has 61 valence electrons. The van der Waals surface area contributed by atoms with Gasteiger partial charge in [-0.2, -0.15) is 0 Å². The van der Waals surface area contributed by atoms with Crippen molar-refractivity contribution >= 4 is 19.2 Å². The summed E-state index contributed by atoms with van der Waals surface area (Å²) in [6, 6.07) is 6.56. The Kier molecular flexibility index (Phi) is 1.81. The Hall–Kier alpha value is -0.610. The fourth-order valence-electron chi connectivity index (χ4n) is 1.82. The third-order valence-electron chi connectivity index (χ3n) is 2.36. The lowest BCUT2D eigenvalue weighted by Crippen LogP contribution is -2.25. The van der Waals surface area contributed by atoms with Crippen LogP contribution in [0.2, 0.25) is 0 Å². The summed E-state index contributed by atoms with van der Waals surface area (Å²) in [5.74, 6) is 0. The van der Waals surface area contributed by atoms with Crippen LogP contribution >= 0.6 is 8.58 Å². The van der Waals surface area contributed by atoms with Crippen molar-refractivity contribution in [1.82, 2.24) is 0 Å². The molecule has 0 bridgehead atoms. The van der Waals surface area contributed by atoms with Gasteiger partial charge in [0.2, 0.25) is 0 Å². The van der Waals surface area contributed by atoms with E-state index in [9.17, 15) is 0 Å². The van der Waals surface area contributed by atoms with Gasteiger partial charge < -0.3 is 0 Å². The number of hydrogen-bond acceptors (Lipinski definition) is 0. The van der Waals surface area contributed by atoms with E-state index in [1.165, 1.54) is 35.2 Å². The number of aryl methyl sites for hydroxylation is 1. The quantitative estimate of drug-likeness (QED) is 0.530. The maximum atomic E-state index is 2.23. The first-order chi connectivity index (χ1) is 5.70. The van der Waals surface area contributed by atoms with Crippen LogP contribution in [-0.2, 0) is 0 Å². The van der Waals surface area contributed by atoms with Crippen molar-refractivity contribution in [3.63, 3.8) is 0 Å². The summed E-state index contributed by atoms with van der Waals surface area (Å²) >= 11 is 0. The molecule has 0 unspecified atom stereocenters. The molecular weight excluding hydrogens is 163 g/mol. The highest BCUT2D eigenvalue weighted by Crippen LogP contribution is 2.34. The number of rotatable bonds is 0. The predicted molar refractivity (Wildman–Crippen MR) is 55.5 cm³/mol. The van der Waals surface area contributed by atoms with Gasteiger partial charge in [0, 0.05) is 0 Å². The second-order valence-corrected chi connectivity index (χ2v) is 4.85. The minimum atomic E-state index is 1.41. The molecule has 1 heteroatoms. The molecule has 1 heterocycles. The zero-order chi connectivity index (χ0) is 8.72. The molecule has 1 aromatic rings. The average molecular weight is 175 g/mol. The van der Waals surface area contributed by atoms with Gasteiger partial charge in [-0.25, -0.2) is 0 Å². The van der Waals surface area contributed by atoms with E-state index in [4.69, 9.17) is 0 Å². The second-order valence-electron chi connectivity index (χ2n) is 3.28. The Bertz CT molecular complexity index is 441. The normalized spacial score (nSPS) is 17.2. The molecule has 0 saturated heterocycles.